The lowest BCUT2D eigenvalue weighted by Crippen LogP contribution is -2.41. The van der Waals surface area contributed by atoms with Crippen molar-refractivity contribution in [2.24, 2.45) is 0 Å². The zero-order chi connectivity index (χ0) is 22.6. The van der Waals surface area contributed by atoms with Gasteiger partial charge in [0.05, 0.1) is 6.61 Å². The van der Waals surface area contributed by atoms with E-state index < -0.39 is 18.0 Å². The summed E-state index contributed by atoms with van der Waals surface area (Å²) in [5.41, 5.74) is 0. The van der Waals surface area contributed by atoms with Crippen LogP contribution < -0.4 is 10.6 Å². The van der Waals surface area contributed by atoms with Gasteiger partial charge in [0.25, 0.3) is 0 Å². The fourth-order valence-corrected chi connectivity index (χ4v) is 3.06. The smallest absolute Gasteiger partial charge is 0.326 e. The molecule has 0 heterocycles. The van der Waals surface area contributed by atoms with Gasteiger partial charge in [-0.2, -0.15) is 0 Å². The van der Waals surface area contributed by atoms with E-state index in [1.165, 1.54) is 0 Å². The van der Waals surface area contributed by atoms with Gasteiger partial charge in [0, 0.05) is 25.8 Å². The molecule has 0 bridgehead atoms. The third kappa shape index (κ3) is 17.9. The quantitative estimate of drug-likeness (QED) is 0.186. The number of amides is 2. The SMILES string of the molecule is O=C(O)CCCCCCCCCCCCC(=O)N[C@@H](CCC(=O)NCCO)C(=O)O. The molecule has 1 atom stereocenters. The minimum atomic E-state index is -1.17. The highest BCUT2D eigenvalue weighted by Crippen LogP contribution is 2.12. The van der Waals surface area contributed by atoms with Crippen molar-refractivity contribution < 1.29 is 34.5 Å². The van der Waals surface area contributed by atoms with Crippen LogP contribution in [0.2, 0.25) is 0 Å². The molecule has 0 aliphatic carbocycles. The Hall–Kier alpha value is -2.16. The van der Waals surface area contributed by atoms with Gasteiger partial charge in [0.2, 0.25) is 11.8 Å². The lowest BCUT2D eigenvalue weighted by molar-refractivity contribution is -0.142. The zero-order valence-corrected chi connectivity index (χ0v) is 17.9. The molecule has 0 rings (SSSR count). The summed E-state index contributed by atoms with van der Waals surface area (Å²) in [6.07, 6.45) is 10.4. The van der Waals surface area contributed by atoms with E-state index in [1.807, 2.05) is 0 Å². The fraction of sp³-hybridized carbons (Fsp3) is 0.810. The van der Waals surface area contributed by atoms with Crippen LogP contribution in [-0.2, 0) is 19.2 Å². The van der Waals surface area contributed by atoms with Crippen LogP contribution >= 0.6 is 0 Å². The number of hydrogen-bond donors (Lipinski definition) is 5. The van der Waals surface area contributed by atoms with Gasteiger partial charge in [-0.25, -0.2) is 4.79 Å². The molecule has 0 aliphatic heterocycles. The number of unbranched alkanes of at least 4 members (excludes halogenated alkanes) is 9. The molecule has 5 N–H and O–H groups in total. The van der Waals surface area contributed by atoms with Crippen LogP contribution in [0.1, 0.15) is 89.9 Å². The first-order chi connectivity index (χ1) is 14.4. The topological polar surface area (TPSA) is 153 Å². The largest absolute Gasteiger partial charge is 0.481 e. The van der Waals surface area contributed by atoms with E-state index in [4.69, 9.17) is 10.2 Å². The summed E-state index contributed by atoms with van der Waals surface area (Å²) >= 11 is 0. The standard InChI is InChI=1S/C21H38N2O7/c24-16-15-22-18(25)14-13-17(21(29)30)23-19(26)11-9-7-5-3-1-2-4-6-8-10-12-20(27)28/h17,24H,1-16H2,(H,22,25)(H,23,26)(H,27,28)(H,29,30)/t17-/m0/s1. The maximum Gasteiger partial charge on any atom is 0.326 e. The number of carbonyl (C=O) groups is 4. The summed E-state index contributed by atoms with van der Waals surface area (Å²) in [6, 6.07) is -1.09. The van der Waals surface area contributed by atoms with E-state index >= 15 is 0 Å². The van der Waals surface area contributed by atoms with E-state index in [-0.39, 0.29) is 50.6 Å². The van der Waals surface area contributed by atoms with Crippen molar-refractivity contribution in [1.82, 2.24) is 10.6 Å². The number of carboxylic acids is 2. The van der Waals surface area contributed by atoms with Crippen LogP contribution in [0.5, 0.6) is 0 Å². The van der Waals surface area contributed by atoms with Crippen molar-refractivity contribution >= 4 is 23.8 Å². The first kappa shape index (κ1) is 27.8. The molecule has 0 spiro atoms. The molecule has 0 aromatic carbocycles. The van der Waals surface area contributed by atoms with Crippen LogP contribution in [0.4, 0.5) is 0 Å². The van der Waals surface area contributed by atoms with Crippen LogP contribution in [0.25, 0.3) is 0 Å². The Balaban J connectivity index is 3.68. The normalized spacial score (nSPS) is 11.6. The predicted molar refractivity (Wildman–Crippen MR) is 112 cm³/mol. The summed E-state index contributed by atoms with van der Waals surface area (Å²) in [7, 11) is 0. The third-order valence-electron chi connectivity index (χ3n) is 4.77. The Labute approximate surface area is 178 Å². The molecule has 9 nitrogen and oxygen atoms in total. The number of aliphatic carboxylic acids is 2. The number of carboxylic acid groups (broad SMARTS) is 2. The Bertz CT molecular complexity index is 512. The lowest BCUT2D eigenvalue weighted by atomic mass is 10.0. The van der Waals surface area contributed by atoms with Crippen LogP contribution in [-0.4, -0.2) is 58.3 Å². The van der Waals surface area contributed by atoms with Crippen molar-refractivity contribution in [3.8, 4) is 0 Å². The molecule has 0 saturated carbocycles. The number of hydrogen-bond acceptors (Lipinski definition) is 5. The highest BCUT2D eigenvalue weighted by molar-refractivity contribution is 5.84. The van der Waals surface area contributed by atoms with Gasteiger partial charge in [0.1, 0.15) is 6.04 Å². The first-order valence-electron chi connectivity index (χ1n) is 11.0. The molecular weight excluding hydrogens is 392 g/mol. The van der Waals surface area contributed by atoms with Gasteiger partial charge in [-0.05, 0) is 19.3 Å². The maximum atomic E-state index is 11.9. The second-order valence-corrected chi connectivity index (χ2v) is 7.50. The Morgan fingerprint density at radius 1 is 0.667 bits per heavy atom. The zero-order valence-electron chi connectivity index (χ0n) is 17.9. The van der Waals surface area contributed by atoms with Crippen LogP contribution in [0.15, 0.2) is 0 Å². The van der Waals surface area contributed by atoms with Crippen LogP contribution in [0.3, 0.4) is 0 Å². The highest BCUT2D eigenvalue weighted by atomic mass is 16.4. The van der Waals surface area contributed by atoms with E-state index in [0.29, 0.717) is 6.42 Å². The molecule has 2 amide bonds. The van der Waals surface area contributed by atoms with Gasteiger partial charge in [0.15, 0.2) is 0 Å². The van der Waals surface area contributed by atoms with Gasteiger partial charge in [-0.3, -0.25) is 14.4 Å². The molecule has 0 aromatic rings. The van der Waals surface area contributed by atoms with Crippen LogP contribution in [0, 0.1) is 0 Å². The number of carbonyl (C=O) groups excluding carboxylic acids is 2. The highest BCUT2D eigenvalue weighted by Gasteiger charge is 2.20. The van der Waals surface area contributed by atoms with Crippen molar-refractivity contribution in [2.45, 2.75) is 95.9 Å². The van der Waals surface area contributed by atoms with Gasteiger partial charge >= 0.3 is 11.9 Å². The predicted octanol–water partition coefficient (Wildman–Crippen LogP) is 2.21. The summed E-state index contributed by atoms with van der Waals surface area (Å²) in [6.45, 7) is -0.0604. The second-order valence-electron chi connectivity index (χ2n) is 7.50. The number of rotatable bonds is 20. The Kier molecular flexibility index (Phi) is 17.5. The Morgan fingerprint density at radius 2 is 1.17 bits per heavy atom. The van der Waals surface area contributed by atoms with E-state index in [2.05, 4.69) is 10.6 Å². The van der Waals surface area contributed by atoms with Crippen molar-refractivity contribution in [3.05, 3.63) is 0 Å². The Morgan fingerprint density at radius 3 is 1.63 bits per heavy atom. The molecular formula is C21H38N2O7. The summed E-state index contributed by atoms with van der Waals surface area (Å²) < 4.78 is 0. The van der Waals surface area contributed by atoms with E-state index in [1.54, 1.807) is 0 Å². The average Bonchev–Trinajstić information content (AvgIpc) is 2.69. The summed E-state index contributed by atoms with van der Waals surface area (Å²) in [5.74, 6) is -2.57. The van der Waals surface area contributed by atoms with Gasteiger partial charge < -0.3 is 26.0 Å². The van der Waals surface area contributed by atoms with Gasteiger partial charge in [-0.15, -0.1) is 0 Å². The average molecular weight is 431 g/mol. The summed E-state index contributed by atoms with van der Waals surface area (Å²) in [4.78, 5) is 45.0. The molecule has 0 saturated heterocycles. The van der Waals surface area contributed by atoms with Crippen molar-refractivity contribution in [1.29, 1.82) is 0 Å². The van der Waals surface area contributed by atoms with Gasteiger partial charge in [-0.1, -0.05) is 51.4 Å². The molecule has 0 radical (unpaired) electrons. The molecule has 174 valence electrons. The summed E-state index contributed by atoms with van der Waals surface area (Å²) in [5, 5.41) is 31.3. The number of nitrogens with one attached hydrogen (secondary N) is 2. The fourth-order valence-electron chi connectivity index (χ4n) is 3.06. The number of aliphatic hydroxyl groups excluding tert-OH is 1. The molecule has 0 unspecified atom stereocenters. The van der Waals surface area contributed by atoms with E-state index in [0.717, 1.165) is 57.8 Å². The molecule has 0 fully saturated rings. The first-order valence-corrected chi connectivity index (χ1v) is 11.0. The third-order valence-corrected chi connectivity index (χ3v) is 4.77. The molecule has 30 heavy (non-hydrogen) atoms. The van der Waals surface area contributed by atoms with Crippen molar-refractivity contribution in [2.75, 3.05) is 13.2 Å². The minimum absolute atomic E-state index is 0.00857. The van der Waals surface area contributed by atoms with E-state index in [9.17, 15) is 24.3 Å². The van der Waals surface area contributed by atoms with Crippen molar-refractivity contribution in [3.63, 3.8) is 0 Å². The molecule has 0 aliphatic rings. The monoisotopic (exact) mass is 430 g/mol. The number of aliphatic hydroxyl groups is 1. The lowest BCUT2D eigenvalue weighted by Gasteiger charge is -2.14. The minimum Gasteiger partial charge on any atom is -0.481 e. The molecule has 0 aromatic heterocycles. The second kappa shape index (κ2) is 18.8. The maximum absolute atomic E-state index is 11.9. The molecule has 9 heteroatoms.